The van der Waals surface area contributed by atoms with E-state index in [1.807, 2.05) is 56.3 Å². The molecule has 4 rings (SSSR count). The molecule has 6 nitrogen and oxygen atoms in total. The molecule has 0 spiro atoms. The minimum atomic E-state index is -3.67. The molecule has 1 aliphatic heterocycles. The fourth-order valence-electron chi connectivity index (χ4n) is 3.85. The van der Waals surface area contributed by atoms with E-state index < -0.39 is 16.1 Å². The van der Waals surface area contributed by atoms with Crippen LogP contribution in [0.5, 0.6) is 5.75 Å². The van der Waals surface area contributed by atoms with Crippen LogP contribution in [-0.4, -0.2) is 27.0 Å². The summed E-state index contributed by atoms with van der Waals surface area (Å²) in [6, 6.07) is 19.6. The van der Waals surface area contributed by atoms with Crippen LogP contribution in [0.4, 0.5) is 11.4 Å². The van der Waals surface area contributed by atoms with Crippen LogP contribution in [0.25, 0.3) is 0 Å². The number of benzene rings is 3. The second-order valence-electron chi connectivity index (χ2n) is 7.95. The summed E-state index contributed by atoms with van der Waals surface area (Å²) in [6.45, 7) is 5.98. The fraction of sp³-hybridized carbons (Fsp3) is 0.240. The first-order valence-corrected chi connectivity index (χ1v) is 12.0. The van der Waals surface area contributed by atoms with Gasteiger partial charge < -0.3 is 10.1 Å². The third-order valence-electron chi connectivity index (χ3n) is 5.63. The van der Waals surface area contributed by atoms with Crippen molar-refractivity contribution in [3.05, 3.63) is 83.4 Å². The van der Waals surface area contributed by atoms with E-state index in [-0.39, 0.29) is 10.8 Å². The van der Waals surface area contributed by atoms with Crippen LogP contribution in [0.1, 0.15) is 23.6 Å². The molecule has 1 heterocycles. The maximum atomic E-state index is 13.1. The Morgan fingerprint density at radius 3 is 2.31 bits per heavy atom. The Labute approximate surface area is 188 Å². The Balaban J connectivity index is 1.45. The van der Waals surface area contributed by atoms with Gasteiger partial charge in [-0.1, -0.05) is 36.4 Å². The molecule has 1 N–H and O–H groups in total. The van der Waals surface area contributed by atoms with Crippen LogP contribution >= 0.6 is 0 Å². The maximum absolute atomic E-state index is 13.1. The molecule has 0 bridgehead atoms. The molecule has 1 atom stereocenters. The SMILES string of the molecule is Cc1cccc(C)c1OC(C)C(=O)Nc1ccc(S(=O)(=O)N2CCc3ccccc32)cc1. The second-order valence-corrected chi connectivity index (χ2v) is 9.81. The molecule has 32 heavy (non-hydrogen) atoms. The van der Waals surface area contributed by atoms with Gasteiger partial charge in [-0.15, -0.1) is 0 Å². The molecule has 0 aliphatic carbocycles. The number of sulfonamides is 1. The van der Waals surface area contributed by atoms with E-state index in [2.05, 4.69) is 5.32 Å². The highest BCUT2D eigenvalue weighted by atomic mass is 32.2. The number of ether oxygens (including phenoxy) is 1. The molecule has 1 unspecified atom stereocenters. The number of carbonyl (C=O) groups excluding carboxylic acids is 1. The number of rotatable bonds is 6. The van der Waals surface area contributed by atoms with E-state index >= 15 is 0 Å². The number of anilines is 2. The molecule has 1 aliphatic rings. The van der Waals surface area contributed by atoms with Gasteiger partial charge in [0.05, 0.1) is 10.6 Å². The third-order valence-corrected chi connectivity index (χ3v) is 7.45. The van der Waals surface area contributed by atoms with Crippen molar-refractivity contribution in [3.63, 3.8) is 0 Å². The summed E-state index contributed by atoms with van der Waals surface area (Å²) in [7, 11) is -3.67. The lowest BCUT2D eigenvalue weighted by molar-refractivity contribution is -0.122. The molecule has 166 valence electrons. The molecule has 0 radical (unpaired) electrons. The van der Waals surface area contributed by atoms with E-state index in [0.717, 1.165) is 22.4 Å². The van der Waals surface area contributed by atoms with E-state index in [0.29, 0.717) is 24.4 Å². The number of hydrogen-bond acceptors (Lipinski definition) is 4. The molecular formula is C25H26N2O4S. The van der Waals surface area contributed by atoms with Crippen LogP contribution in [0.15, 0.2) is 71.6 Å². The van der Waals surface area contributed by atoms with Gasteiger partial charge in [0.15, 0.2) is 6.10 Å². The van der Waals surface area contributed by atoms with Gasteiger partial charge in [0, 0.05) is 12.2 Å². The molecular weight excluding hydrogens is 424 g/mol. The largest absolute Gasteiger partial charge is 0.480 e. The third kappa shape index (κ3) is 4.21. The van der Waals surface area contributed by atoms with Crippen LogP contribution in [-0.2, 0) is 21.2 Å². The molecule has 0 fully saturated rings. The summed E-state index contributed by atoms with van der Waals surface area (Å²) < 4.78 is 33.6. The van der Waals surface area contributed by atoms with Gasteiger partial charge in [0.2, 0.25) is 0 Å². The Bertz CT molecular complexity index is 1230. The van der Waals surface area contributed by atoms with Crippen LogP contribution in [0, 0.1) is 13.8 Å². The number of aryl methyl sites for hydroxylation is 2. The Morgan fingerprint density at radius 1 is 0.969 bits per heavy atom. The Kier molecular flexibility index (Phi) is 5.93. The topological polar surface area (TPSA) is 75.7 Å². The maximum Gasteiger partial charge on any atom is 0.265 e. The second kappa shape index (κ2) is 8.67. The fourth-order valence-corrected chi connectivity index (χ4v) is 5.36. The summed E-state index contributed by atoms with van der Waals surface area (Å²) >= 11 is 0. The van der Waals surface area contributed by atoms with Crippen LogP contribution < -0.4 is 14.4 Å². The first-order valence-electron chi connectivity index (χ1n) is 10.5. The lowest BCUT2D eigenvalue weighted by Gasteiger charge is -2.20. The van der Waals surface area contributed by atoms with Gasteiger partial charge in [0.25, 0.3) is 15.9 Å². The molecule has 0 saturated heterocycles. The first kappa shape index (κ1) is 21.9. The van der Waals surface area contributed by atoms with E-state index in [4.69, 9.17) is 4.74 Å². The summed E-state index contributed by atoms with van der Waals surface area (Å²) in [5.74, 6) is 0.388. The minimum Gasteiger partial charge on any atom is -0.480 e. The average Bonchev–Trinajstić information content (AvgIpc) is 3.22. The molecule has 7 heteroatoms. The monoisotopic (exact) mass is 450 g/mol. The summed E-state index contributed by atoms with van der Waals surface area (Å²) in [4.78, 5) is 12.8. The highest BCUT2D eigenvalue weighted by Gasteiger charge is 2.30. The molecule has 0 aromatic heterocycles. The Morgan fingerprint density at radius 2 is 1.62 bits per heavy atom. The van der Waals surface area contributed by atoms with Crippen molar-refractivity contribution in [2.24, 2.45) is 0 Å². The number of fused-ring (bicyclic) bond motifs is 1. The summed E-state index contributed by atoms with van der Waals surface area (Å²) in [6.07, 6.45) is -0.0127. The van der Waals surface area contributed by atoms with Gasteiger partial charge in [-0.2, -0.15) is 0 Å². The van der Waals surface area contributed by atoms with E-state index in [1.54, 1.807) is 19.1 Å². The number of para-hydroxylation sites is 2. The average molecular weight is 451 g/mol. The van der Waals surface area contributed by atoms with Gasteiger partial charge >= 0.3 is 0 Å². The lowest BCUT2D eigenvalue weighted by Crippen LogP contribution is -2.31. The molecule has 3 aromatic rings. The minimum absolute atomic E-state index is 0.187. The van der Waals surface area contributed by atoms with Gasteiger partial charge in [0.1, 0.15) is 5.75 Å². The standard InChI is InChI=1S/C25H26N2O4S/c1-17-7-6-8-18(2)24(17)31-19(3)25(28)26-21-11-13-22(14-12-21)32(29,30)27-16-15-20-9-4-5-10-23(20)27/h4-14,19H,15-16H2,1-3H3,(H,26,28). The lowest BCUT2D eigenvalue weighted by atomic mass is 10.1. The van der Waals surface area contributed by atoms with Crippen LogP contribution in [0.2, 0.25) is 0 Å². The van der Waals surface area contributed by atoms with Crippen molar-refractivity contribution in [2.45, 2.75) is 38.2 Å². The van der Waals surface area contributed by atoms with Gasteiger partial charge in [-0.05, 0) is 74.2 Å². The zero-order valence-corrected chi connectivity index (χ0v) is 19.1. The summed E-state index contributed by atoms with van der Waals surface area (Å²) in [5, 5.41) is 2.79. The zero-order valence-electron chi connectivity index (χ0n) is 18.3. The number of hydrogen-bond donors (Lipinski definition) is 1. The normalized spacial score (nSPS) is 14.0. The molecule has 0 saturated carbocycles. The Hall–Kier alpha value is -3.32. The smallest absolute Gasteiger partial charge is 0.265 e. The molecule has 3 aromatic carbocycles. The van der Waals surface area contributed by atoms with Crippen molar-refractivity contribution in [2.75, 3.05) is 16.2 Å². The van der Waals surface area contributed by atoms with Gasteiger partial charge in [-0.3, -0.25) is 9.10 Å². The van der Waals surface area contributed by atoms with Gasteiger partial charge in [-0.25, -0.2) is 8.42 Å². The van der Waals surface area contributed by atoms with E-state index in [9.17, 15) is 13.2 Å². The van der Waals surface area contributed by atoms with Crippen LogP contribution in [0.3, 0.4) is 0 Å². The van der Waals surface area contributed by atoms with Crippen molar-refractivity contribution in [1.82, 2.24) is 0 Å². The number of amides is 1. The predicted molar refractivity (Wildman–Crippen MR) is 126 cm³/mol. The quantitative estimate of drug-likeness (QED) is 0.602. The predicted octanol–water partition coefficient (Wildman–Crippen LogP) is 4.46. The summed E-state index contributed by atoms with van der Waals surface area (Å²) in [5.41, 5.74) is 4.18. The zero-order chi connectivity index (χ0) is 22.9. The van der Waals surface area contributed by atoms with E-state index in [1.165, 1.54) is 16.4 Å². The number of nitrogens with one attached hydrogen (secondary N) is 1. The highest BCUT2D eigenvalue weighted by Crippen LogP contribution is 2.33. The first-order chi connectivity index (χ1) is 15.3. The molecule has 1 amide bonds. The number of carbonyl (C=O) groups is 1. The van der Waals surface area contributed by atoms with Crippen molar-refractivity contribution in [1.29, 1.82) is 0 Å². The van der Waals surface area contributed by atoms with Crippen molar-refractivity contribution >= 4 is 27.3 Å². The van der Waals surface area contributed by atoms with Crippen molar-refractivity contribution in [3.8, 4) is 5.75 Å². The number of nitrogens with zero attached hydrogens (tertiary/aromatic N) is 1. The highest BCUT2D eigenvalue weighted by molar-refractivity contribution is 7.92. The van der Waals surface area contributed by atoms with Crippen molar-refractivity contribution < 1.29 is 17.9 Å².